The first kappa shape index (κ1) is 16.2. The first-order valence-corrected chi connectivity index (χ1v) is 10.3. The fraction of sp³-hybridized carbons (Fsp3) is 0.643. The Hall–Kier alpha value is -1.29. The number of imidazole rings is 1. The normalized spacial score (nSPS) is 33.4. The average Bonchev–Trinajstić information content (AvgIpc) is 3.30. The van der Waals surface area contributed by atoms with Gasteiger partial charge in [0.05, 0.1) is 0 Å². The molecule has 2 aliphatic rings. The van der Waals surface area contributed by atoms with Crippen LogP contribution in [0, 0.1) is 0 Å². The van der Waals surface area contributed by atoms with Crippen LogP contribution in [-0.4, -0.2) is 80.8 Å². The maximum absolute atomic E-state index is 10.2. The minimum atomic E-state index is -1.16. The van der Waals surface area contributed by atoms with E-state index in [9.17, 15) is 15.3 Å². The number of ether oxygens (including phenoxy) is 1. The molecular formula is C14H19N5O4Se. The minimum absolute atomic E-state index is 0.368. The molecule has 0 bridgehead atoms. The van der Waals surface area contributed by atoms with E-state index in [0.717, 1.165) is 6.42 Å². The van der Waals surface area contributed by atoms with Gasteiger partial charge >= 0.3 is 144 Å². The van der Waals surface area contributed by atoms with Crippen molar-refractivity contribution in [2.24, 2.45) is 0 Å². The Morgan fingerprint density at radius 3 is 2.88 bits per heavy atom. The molecule has 0 aliphatic carbocycles. The van der Waals surface area contributed by atoms with E-state index in [4.69, 9.17) is 4.74 Å². The number of aliphatic hydroxyl groups is 3. The predicted octanol–water partition coefficient (Wildman–Crippen LogP) is -0.837. The topological polar surface area (TPSA) is 126 Å². The van der Waals surface area contributed by atoms with Crippen molar-refractivity contribution in [3.05, 3.63) is 12.7 Å². The Labute approximate surface area is 144 Å². The second-order valence-electron chi connectivity index (χ2n) is 5.98. The van der Waals surface area contributed by atoms with Crippen molar-refractivity contribution in [3.8, 4) is 0 Å². The fourth-order valence-electron chi connectivity index (χ4n) is 3.10. The fourth-order valence-corrected chi connectivity index (χ4v) is 5.51. The summed E-state index contributed by atoms with van der Waals surface area (Å²) < 4.78 is 7.13. The first-order valence-electron chi connectivity index (χ1n) is 7.83. The van der Waals surface area contributed by atoms with E-state index in [-0.39, 0.29) is 6.61 Å². The molecule has 4 heterocycles. The summed E-state index contributed by atoms with van der Waals surface area (Å²) in [5.41, 5.74) is 1.13. The number of hydrogen-bond donors (Lipinski definition) is 4. The van der Waals surface area contributed by atoms with Crippen molar-refractivity contribution in [2.75, 3.05) is 11.9 Å². The van der Waals surface area contributed by atoms with Crippen molar-refractivity contribution >= 4 is 31.9 Å². The Morgan fingerprint density at radius 2 is 2.17 bits per heavy atom. The van der Waals surface area contributed by atoms with Crippen LogP contribution in [0.5, 0.6) is 0 Å². The molecule has 0 aromatic carbocycles. The molecule has 10 heteroatoms. The number of anilines is 1. The summed E-state index contributed by atoms with van der Waals surface area (Å²) in [5, 5.41) is 35.2. The van der Waals surface area contributed by atoms with E-state index in [1.165, 1.54) is 23.3 Å². The van der Waals surface area contributed by atoms with Gasteiger partial charge in [-0.3, -0.25) is 0 Å². The molecule has 2 aliphatic heterocycles. The van der Waals surface area contributed by atoms with Gasteiger partial charge in [0.2, 0.25) is 0 Å². The third-order valence-electron chi connectivity index (χ3n) is 4.42. The molecule has 9 nitrogen and oxygen atoms in total. The quantitative estimate of drug-likeness (QED) is 0.490. The van der Waals surface area contributed by atoms with Crippen LogP contribution in [0.3, 0.4) is 0 Å². The molecule has 0 spiro atoms. The molecule has 2 aromatic heterocycles. The van der Waals surface area contributed by atoms with E-state index in [0.29, 0.717) is 38.0 Å². The second kappa shape index (κ2) is 6.55. The Kier molecular flexibility index (Phi) is 4.42. The van der Waals surface area contributed by atoms with Crippen LogP contribution in [0.4, 0.5) is 5.82 Å². The van der Waals surface area contributed by atoms with Gasteiger partial charge in [0.1, 0.15) is 0 Å². The number of aliphatic hydroxyl groups excluding tert-OH is 3. The van der Waals surface area contributed by atoms with Crippen molar-refractivity contribution in [1.82, 2.24) is 19.5 Å². The van der Waals surface area contributed by atoms with E-state index in [1.807, 2.05) is 0 Å². The van der Waals surface area contributed by atoms with Gasteiger partial charge in [0, 0.05) is 0 Å². The number of fused-ring (bicyclic) bond motifs is 1. The van der Waals surface area contributed by atoms with E-state index < -0.39 is 24.5 Å². The molecule has 130 valence electrons. The Morgan fingerprint density at radius 1 is 1.29 bits per heavy atom. The summed E-state index contributed by atoms with van der Waals surface area (Å²) in [6.45, 7) is -0.368. The third kappa shape index (κ3) is 2.69. The van der Waals surface area contributed by atoms with Crippen molar-refractivity contribution < 1.29 is 20.1 Å². The monoisotopic (exact) mass is 401 g/mol. The summed E-state index contributed by atoms with van der Waals surface area (Å²) in [5.74, 6) is 0.674. The molecule has 1 unspecified atom stereocenters. The van der Waals surface area contributed by atoms with Crippen LogP contribution in [0.15, 0.2) is 12.7 Å². The third-order valence-corrected chi connectivity index (χ3v) is 6.86. The zero-order valence-corrected chi connectivity index (χ0v) is 14.5. The van der Waals surface area contributed by atoms with Crippen LogP contribution < -0.4 is 5.32 Å². The summed E-state index contributed by atoms with van der Waals surface area (Å²) in [6, 6.07) is 0.419. The van der Waals surface area contributed by atoms with Crippen molar-refractivity contribution in [1.29, 1.82) is 0 Å². The number of nitrogens with zero attached hydrogens (tertiary/aromatic N) is 4. The molecule has 0 saturated carbocycles. The summed E-state index contributed by atoms with van der Waals surface area (Å²) >= 11 is 0.695. The van der Waals surface area contributed by atoms with Gasteiger partial charge in [-0.2, -0.15) is 0 Å². The molecular weight excluding hydrogens is 381 g/mol. The van der Waals surface area contributed by atoms with Crippen LogP contribution in [0.2, 0.25) is 10.6 Å². The summed E-state index contributed by atoms with van der Waals surface area (Å²) in [7, 11) is 0. The molecule has 0 amide bonds. The van der Waals surface area contributed by atoms with Crippen LogP contribution in [0.1, 0.15) is 12.6 Å². The maximum atomic E-state index is 10.2. The van der Waals surface area contributed by atoms with Gasteiger partial charge in [-0.15, -0.1) is 0 Å². The molecule has 4 rings (SSSR count). The molecule has 2 fully saturated rings. The summed E-state index contributed by atoms with van der Waals surface area (Å²) in [6.07, 6.45) is 0.109. The van der Waals surface area contributed by atoms with Gasteiger partial charge in [-0.25, -0.2) is 0 Å². The van der Waals surface area contributed by atoms with Gasteiger partial charge in [0.25, 0.3) is 0 Å². The van der Waals surface area contributed by atoms with Gasteiger partial charge < -0.3 is 0 Å². The van der Waals surface area contributed by atoms with E-state index in [1.54, 1.807) is 4.57 Å². The SMILES string of the molecule is OC[C@H]1OC(n2cnc3c(N[C@@H]4CC[Se]C4)ncnc32)[C@H](O)[C@@H]1O. The van der Waals surface area contributed by atoms with Gasteiger partial charge in [0.15, 0.2) is 0 Å². The zero-order chi connectivity index (χ0) is 16.7. The number of nitrogens with one attached hydrogen (secondary N) is 1. The molecule has 5 atom stereocenters. The zero-order valence-electron chi connectivity index (χ0n) is 12.8. The van der Waals surface area contributed by atoms with Gasteiger partial charge in [-0.05, 0) is 0 Å². The predicted molar refractivity (Wildman–Crippen MR) is 85.7 cm³/mol. The number of aromatic nitrogens is 4. The molecule has 2 saturated heterocycles. The number of hydrogen-bond acceptors (Lipinski definition) is 8. The second-order valence-corrected chi connectivity index (χ2v) is 8.39. The molecule has 24 heavy (non-hydrogen) atoms. The first-order chi connectivity index (χ1) is 11.7. The van der Waals surface area contributed by atoms with Crippen molar-refractivity contribution in [3.63, 3.8) is 0 Å². The molecule has 2 aromatic rings. The molecule has 4 N–H and O–H groups in total. The number of rotatable bonds is 4. The van der Waals surface area contributed by atoms with Crippen LogP contribution in [0.25, 0.3) is 11.2 Å². The summed E-state index contributed by atoms with van der Waals surface area (Å²) in [4.78, 5) is 12.9. The van der Waals surface area contributed by atoms with E-state index >= 15 is 0 Å². The van der Waals surface area contributed by atoms with Crippen LogP contribution >= 0.6 is 0 Å². The Balaban J connectivity index is 1.65. The standard InChI is InChI=1S/C14H19N5O4Se/c20-3-8-10(21)11(22)14(23-8)19-6-17-9-12(15-5-16-13(9)19)18-7-1-2-24-4-7/h5-8,10-11,14,20-22H,1-4H2,(H,15,16,18)/t7-,8-,10-,11-,14?/m1/s1. The van der Waals surface area contributed by atoms with Gasteiger partial charge in [-0.1, -0.05) is 0 Å². The van der Waals surface area contributed by atoms with E-state index in [2.05, 4.69) is 20.3 Å². The Bertz CT molecular complexity index is 722. The van der Waals surface area contributed by atoms with Crippen LogP contribution in [-0.2, 0) is 4.74 Å². The molecule has 0 radical (unpaired) electrons. The van der Waals surface area contributed by atoms with Crippen molar-refractivity contribution in [2.45, 2.75) is 47.6 Å². The average molecular weight is 400 g/mol.